The Bertz CT molecular complexity index is 562. The first-order valence-corrected chi connectivity index (χ1v) is 9.77. The molecule has 3 heteroatoms. The molecule has 4 rings (SSSR count). The Morgan fingerprint density at radius 1 is 1.08 bits per heavy atom. The maximum absolute atomic E-state index is 13.3. The molecule has 1 heterocycles. The summed E-state index contributed by atoms with van der Waals surface area (Å²) in [6, 6.07) is 10.4. The van der Waals surface area contributed by atoms with Crippen LogP contribution in [0.25, 0.3) is 0 Å². The van der Waals surface area contributed by atoms with E-state index >= 15 is 0 Å². The number of carbonyl (C=O) groups excluding carboxylic acids is 1. The molecule has 2 unspecified atom stereocenters. The molecular weight excluding hydrogens is 298 g/mol. The molecule has 2 saturated carbocycles. The molecule has 2 aliphatic carbocycles. The van der Waals surface area contributed by atoms with Crippen LogP contribution in [0.2, 0.25) is 0 Å². The molecule has 3 atom stereocenters. The molecule has 1 aliphatic heterocycles. The van der Waals surface area contributed by atoms with E-state index in [1.807, 2.05) is 6.07 Å². The Labute approximate surface area is 145 Å². The molecule has 3 nitrogen and oxygen atoms in total. The number of ether oxygens (including phenoxy) is 1. The number of rotatable bonds is 3. The zero-order valence-electron chi connectivity index (χ0n) is 14.5. The topological polar surface area (TPSA) is 38.3 Å². The first-order valence-electron chi connectivity index (χ1n) is 9.77. The van der Waals surface area contributed by atoms with Gasteiger partial charge in [0, 0.05) is 5.92 Å². The molecule has 0 spiro atoms. The molecule has 3 aliphatic rings. The molecule has 3 fully saturated rings. The van der Waals surface area contributed by atoms with Gasteiger partial charge in [0.15, 0.2) is 0 Å². The Hall–Kier alpha value is -1.35. The lowest BCUT2D eigenvalue weighted by Crippen LogP contribution is -2.54. The van der Waals surface area contributed by atoms with Crippen LogP contribution >= 0.6 is 0 Å². The van der Waals surface area contributed by atoms with Gasteiger partial charge in [0.25, 0.3) is 0 Å². The summed E-state index contributed by atoms with van der Waals surface area (Å²) >= 11 is 0. The van der Waals surface area contributed by atoms with E-state index in [9.17, 15) is 4.79 Å². The Balaban J connectivity index is 1.53. The third-order valence-electron chi connectivity index (χ3n) is 6.61. The second kappa shape index (κ2) is 6.87. The second-order valence-electron chi connectivity index (χ2n) is 7.96. The van der Waals surface area contributed by atoms with E-state index < -0.39 is 5.41 Å². The number of benzene rings is 1. The fourth-order valence-electron chi connectivity index (χ4n) is 5.05. The van der Waals surface area contributed by atoms with Crippen molar-refractivity contribution in [1.29, 1.82) is 0 Å². The Morgan fingerprint density at radius 3 is 2.54 bits per heavy atom. The van der Waals surface area contributed by atoms with Gasteiger partial charge in [-0.2, -0.15) is 0 Å². The number of hydrogen-bond acceptors (Lipinski definition) is 3. The van der Waals surface area contributed by atoms with E-state index in [2.05, 4.69) is 29.6 Å². The highest BCUT2D eigenvalue weighted by atomic mass is 16.5. The predicted molar refractivity (Wildman–Crippen MR) is 94.8 cm³/mol. The Kier molecular flexibility index (Phi) is 4.62. The third-order valence-corrected chi connectivity index (χ3v) is 6.61. The van der Waals surface area contributed by atoms with Crippen LogP contribution in [0.1, 0.15) is 56.9 Å². The van der Waals surface area contributed by atoms with Gasteiger partial charge in [0.2, 0.25) is 0 Å². The van der Waals surface area contributed by atoms with Crippen LogP contribution in [0.5, 0.6) is 0 Å². The standard InChI is InChI=1S/C21H29NO2/c23-20(24-19-14-16-15-22-13-10-18(16)19)21(11-6-1-2-7-12-21)17-8-4-3-5-9-17/h3-5,8-9,16,18-19,22H,1-2,6-7,10-15H2/t16?,18?,19-/m0/s1. The zero-order valence-corrected chi connectivity index (χ0v) is 14.5. The average Bonchev–Trinajstić information content (AvgIpc) is 2.87. The second-order valence-corrected chi connectivity index (χ2v) is 7.96. The van der Waals surface area contributed by atoms with Crippen LogP contribution in [0.4, 0.5) is 0 Å². The number of piperidine rings is 1. The fourth-order valence-corrected chi connectivity index (χ4v) is 5.05. The van der Waals surface area contributed by atoms with Crippen molar-refractivity contribution in [3.05, 3.63) is 35.9 Å². The highest BCUT2D eigenvalue weighted by Crippen LogP contribution is 2.44. The average molecular weight is 327 g/mol. The van der Waals surface area contributed by atoms with E-state index in [1.54, 1.807) is 0 Å². The van der Waals surface area contributed by atoms with Crippen molar-refractivity contribution in [1.82, 2.24) is 5.32 Å². The first-order chi connectivity index (χ1) is 11.8. The molecule has 1 aromatic rings. The van der Waals surface area contributed by atoms with Crippen LogP contribution < -0.4 is 5.32 Å². The normalized spacial score (nSPS) is 32.1. The minimum Gasteiger partial charge on any atom is -0.461 e. The molecule has 0 bridgehead atoms. The first kappa shape index (κ1) is 16.1. The van der Waals surface area contributed by atoms with Gasteiger partial charge >= 0.3 is 5.97 Å². The lowest BCUT2D eigenvalue weighted by atomic mass is 9.67. The van der Waals surface area contributed by atoms with Gasteiger partial charge in [-0.3, -0.25) is 4.79 Å². The molecule has 0 radical (unpaired) electrons. The Morgan fingerprint density at radius 2 is 1.83 bits per heavy atom. The van der Waals surface area contributed by atoms with Crippen molar-refractivity contribution in [2.45, 2.75) is 62.9 Å². The monoisotopic (exact) mass is 327 g/mol. The summed E-state index contributed by atoms with van der Waals surface area (Å²) in [5, 5.41) is 3.45. The third kappa shape index (κ3) is 2.88. The molecule has 0 amide bonds. The SMILES string of the molecule is O=C(O[C@H]1CC2CNCCC21)C1(c2ccccc2)CCCCCC1. The fraction of sp³-hybridized carbons (Fsp3) is 0.667. The van der Waals surface area contributed by atoms with Crippen LogP contribution in [0.3, 0.4) is 0 Å². The summed E-state index contributed by atoms with van der Waals surface area (Å²) in [6.07, 6.45) is 8.98. The highest BCUT2D eigenvalue weighted by molar-refractivity contribution is 5.83. The predicted octanol–water partition coefficient (Wildman–Crippen LogP) is 3.82. The van der Waals surface area contributed by atoms with Crippen molar-refractivity contribution in [2.75, 3.05) is 13.1 Å². The largest absolute Gasteiger partial charge is 0.461 e. The van der Waals surface area contributed by atoms with Gasteiger partial charge < -0.3 is 10.1 Å². The van der Waals surface area contributed by atoms with E-state index in [4.69, 9.17) is 4.74 Å². The summed E-state index contributed by atoms with van der Waals surface area (Å²) in [5.41, 5.74) is 0.758. The summed E-state index contributed by atoms with van der Waals surface area (Å²) in [6.45, 7) is 2.17. The maximum Gasteiger partial charge on any atom is 0.316 e. The molecule has 0 aromatic heterocycles. The lowest BCUT2D eigenvalue weighted by molar-refractivity contribution is -0.173. The van der Waals surface area contributed by atoms with Crippen LogP contribution in [0.15, 0.2) is 30.3 Å². The zero-order chi connectivity index (χ0) is 16.4. The van der Waals surface area contributed by atoms with Gasteiger partial charge in [-0.05, 0) is 50.3 Å². The summed E-state index contributed by atoms with van der Waals surface area (Å²) in [5.74, 6) is 1.37. The van der Waals surface area contributed by atoms with Gasteiger partial charge in [0.05, 0.1) is 5.41 Å². The van der Waals surface area contributed by atoms with Crippen LogP contribution in [0, 0.1) is 11.8 Å². The van der Waals surface area contributed by atoms with Gasteiger partial charge in [0.1, 0.15) is 6.10 Å². The van der Waals surface area contributed by atoms with Gasteiger partial charge in [-0.15, -0.1) is 0 Å². The lowest BCUT2D eigenvalue weighted by Gasteiger charge is -2.48. The summed E-state index contributed by atoms with van der Waals surface area (Å²) in [7, 11) is 0. The minimum atomic E-state index is -0.407. The number of nitrogens with one attached hydrogen (secondary N) is 1. The minimum absolute atomic E-state index is 0.0533. The molecule has 130 valence electrons. The van der Waals surface area contributed by atoms with E-state index in [0.717, 1.165) is 63.1 Å². The number of carbonyl (C=O) groups is 1. The smallest absolute Gasteiger partial charge is 0.316 e. The van der Waals surface area contributed by atoms with Crippen LogP contribution in [-0.2, 0) is 14.9 Å². The summed E-state index contributed by atoms with van der Waals surface area (Å²) in [4.78, 5) is 13.3. The van der Waals surface area contributed by atoms with Crippen molar-refractivity contribution in [3.63, 3.8) is 0 Å². The summed E-state index contributed by atoms with van der Waals surface area (Å²) < 4.78 is 6.14. The quantitative estimate of drug-likeness (QED) is 0.677. The highest BCUT2D eigenvalue weighted by Gasteiger charge is 2.48. The van der Waals surface area contributed by atoms with Crippen molar-refractivity contribution < 1.29 is 9.53 Å². The molecular formula is C21H29NO2. The van der Waals surface area contributed by atoms with Crippen molar-refractivity contribution in [2.24, 2.45) is 11.8 Å². The molecule has 24 heavy (non-hydrogen) atoms. The van der Waals surface area contributed by atoms with E-state index in [-0.39, 0.29) is 12.1 Å². The number of esters is 1. The van der Waals surface area contributed by atoms with Gasteiger partial charge in [-0.1, -0.05) is 56.0 Å². The number of hydrogen-bond donors (Lipinski definition) is 1. The van der Waals surface area contributed by atoms with E-state index in [0.29, 0.717) is 5.92 Å². The van der Waals surface area contributed by atoms with E-state index in [1.165, 1.54) is 12.8 Å². The van der Waals surface area contributed by atoms with Crippen LogP contribution in [-0.4, -0.2) is 25.2 Å². The van der Waals surface area contributed by atoms with Crippen molar-refractivity contribution in [3.8, 4) is 0 Å². The van der Waals surface area contributed by atoms with Crippen molar-refractivity contribution >= 4 is 5.97 Å². The molecule has 1 N–H and O–H groups in total. The molecule has 1 saturated heterocycles. The number of fused-ring (bicyclic) bond motifs is 1. The molecule has 1 aromatic carbocycles. The maximum atomic E-state index is 13.3. The van der Waals surface area contributed by atoms with Gasteiger partial charge in [-0.25, -0.2) is 0 Å².